The normalized spacial score (nSPS) is 13.1. The van der Waals surface area contributed by atoms with Crippen molar-refractivity contribution < 1.29 is 9.59 Å². The van der Waals surface area contributed by atoms with Gasteiger partial charge in [0.05, 0.1) is 12.1 Å². The fourth-order valence-corrected chi connectivity index (χ4v) is 4.00. The molecule has 0 radical (unpaired) electrons. The smallest absolute Gasteiger partial charge is 0.321 e. The number of urea groups is 1. The topological polar surface area (TPSA) is 79.3 Å². The molecule has 0 aliphatic carbocycles. The molecule has 0 atom stereocenters. The summed E-state index contributed by atoms with van der Waals surface area (Å²) in [6.45, 7) is 3.86. The second kappa shape index (κ2) is 9.23. The zero-order chi connectivity index (χ0) is 23.5. The van der Waals surface area contributed by atoms with Crippen molar-refractivity contribution in [2.75, 3.05) is 23.3 Å². The molecule has 0 unspecified atom stereocenters. The molecule has 2 N–H and O–H groups in total. The molecule has 1 aliphatic heterocycles. The zero-order valence-electron chi connectivity index (χ0n) is 18.9. The summed E-state index contributed by atoms with van der Waals surface area (Å²) in [7, 11) is 0. The third-order valence-electron chi connectivity index (χ3n) is 5.81. The lowest BCUT2D eigenvalue weighted by Gasteiger charge is -2.14. The highest BCUT2D eigenvalue weighted by Crippen LogP contribution is 2.25. The van der Waals surface area contributed by atoms with E-state index in [0.29, 0.717) is 36.6 Å². The van der Waals surface area contributed by atoms with E-state index in [1.807, 2.05) is 73.7 Å². The van der Waals surface area contributed by atoms with Gasteiger partial charge in [0.25, 0.3) is 5.91 Å². The van der Waals surface area contributed by atoms with Gasteiger partial charge in [-0.2, -0.15) is 5.10 Å². The van der Waals surface area contributed by atoms with Gasteiger partial charge in [-0.1, -0.05) is 60.2 Å². The van der Waals surface area contributed by atoms with Crippen molar-refractivity contribution in [1.29, 1.82) is 0 Å². The maximum Gasteiger partial charge on any atom is 0.321 e. The van der Waals surface area contributed by atoms with Crippen LogP contribution in [0.1, 0.15) is 21.5 Å². The largest absolute Gasteiger partial charge is 0.336 e. The van der Waals surface area contributed by atoms with Crippen molar-refractivity contribution in [1.82, 2.24) is 15.1 Å². The summed E-state index contributed by atoms with van der Waals surface area (Å²) in [6.07, 6.45) is 1.79. The average Bonchev–Trinajstić information content (AvgIpc) is 3.47. The molecular formula is C27H25N5O2. The molecule has 5 rings (SSSR count). The number of nitrogens with zero attached hydrogens (tertiary/aromatic N) is 3. The molecule has 0 bridgehead atoms. The number of amides is 3. The highest BCUT2D eigenvalue weighted by atomic mass is 16.2. The molecule has 34 heavy (non-hydrogen) atoms. The number of nitrogens with one attached hydrogen (secondary N) is 2. The number of hydrogen-bond donors (Lipinski definition) is 2. The van der Waals surface area contributed by atoms with E-state index in [2.05, 4.69) is 10.6 Å². The number of carbonyl (C=O) groups is 2. The van der Waals surface area contributed by atoms with Gasteiger partial charge in [-0.05, 0) is 36.8 Å². The van der Waals surface area contributed by atoms with E-state index >= 15 is 0 Å². The van der Waals surface area contributed by atoms with Crippen molar-refractivity contribution in [3.05, 3.63) is 102 Å². The van der Waals surface area contributed by atoms with Crippen LogP contribution in [-0.2, 0) is 6.54 Å². The summed E-state index contributed by atoms with van der Waals surface area (Å²) < 4.78 is 1.80. The van der Waals surface area contributed by atoms with E-state index in [4.69, 9.17) is 5.10 Å². The number of anilines is 2. The van der Waals surface area contributed by atoms with Crippen LogP contribution in [0.5, 0.6) is 0 Å². The minimum absolute atomic E-state index is 0.106. The van der Waals surface area contributed by atoms with Crippen molar-refractivity contribution in [3.63, 3.8) is 0 Å². The first-order chi connectivity index (χ1) is 16.6. The molecule has 1 aliphatic rings. The van der Waals surface area contributed by atoms with Crippen molar-refractivity contribution in [3.8, 4) is 11.3 Å². The molecule has 0 saturated carbocycles. The minimum atomic E-state index is -0.235. The zero-order valence-corrected chi connectivity index (χ0v) is 18.9. The van der Waals surface area contributed by atoms with Gasteiger partial charge < -0.3 is 10.6 Å². The quantitative estimate of drug-likeness (QED) is 0.446. The fourth-order valence-electron chi connectivity index (χ4n) is 4.00. The van der Waals surface area contributed by atoms with Crippen molar-refractivity contribution in [2.45, 2.75) is 13.5 Å². The minimum Gasteiger partial charge on any atom is -0.336 e. The van der Waals surface area contributed by atoms with Gasteiger partial charge in [-0.25, -0.2) is 4.79 Å². The molecule has 1 fully saturated rings. The summed E-state index contributed by atoms with van der Waals surface area (Å²) >= 11 is 0. The van der Waals surface area contributed by atoms with Gasteiger partial charge in [0.2, 0.25) is 0 Å². The maximum atomic E-state index is 13.3. The Hall–Kier alpha value is -4.39. The van der Waals surface area contributed by atoms with Gasteiger partial charge in [0.15, 0.2) is 0 Å². The molecule has 4 aromatic rings. The highest BCUT2D eigenvalue weighted by Gasteiger charge is 2.22. The second-order valence-corrected chi connectivity index (χ2v) is 8.33. The lowest BCUT2D eigenvalue weighted by atomic mass is 10.1. The first-order valence-electron chi connectivity index (χ1n) is 11.2. The van der Waals surface area contributed by atoms with Gasteiger partial charge in [0, 0.05) is 36.2 Å². The molecule has 7 heteroatoms. The van der Waals surface area contributed by atoms with E-state index in [1.165, 1.54) is 0 Å². The summed E-state index contributed by atoms with van der Waals surface area (Å²) in [6, 6.07) is 25.2. The third-order valence-corrected chi connectivity index (χ3v) is 5.81. The summed E-state index contributed by atoms with van der Waals surface area (Å²) in [5.41, 5.74) is 5.72. The first-order valence-corrected chi connectivity index (χ1v) is 11.2. The molecule has 170 valence electrons. The molecule has 1 saturated heterocycles. The van der Waals surface area contributed by atoms with Gasteiger partial charge in [0.1, 0.15) is 5.69 Å². The van der Waals surface area contributed by atoms with E-state index < -0.39 is 0 Å². The van der Waals surface area contributed by atoms with Crippen LogP contribution in [-0.4, -0.2) is 34.8 Å². The van der Waals surface area contributed by atoms with Crippen molar-refractivity contribution in [2.24, 2.45) is 0 Å². The lowest BCUT2D eigenvalue weighted by molar-refractivity contribution is 0.102. The third kappa shape index (κ3) is 4.54. The van der Waals surface area contributed by atoms with Crippen LogP contribution >= 0.6 is 0 Å². The molecule has 3 aromatic carbocycles. The molecular weight excluding hydrogens is 426 g/mol. The second-order valence-electron chi connectivity index (χ2n) is 8.33. The van der Waals surface area contributed by atoms with Crippen LogP contribution in [0.4, 0.5) is 16.2 Å². The Morgan fingerprint density at radius 1 is 1.00 bits per heavy atom. The Morgan fingerprint density at radius 2 is 1.74 bits per heavy atom. The Bertz CT molecular complexity index is 1310. The average molecular weight is 452 g/mol. The van der Waals surface area contributed by atoms with Crippen LogP contribution < -0.4 is 15.5 Å². The Morgan fingerprint density at radius 3 is 2.41 bits per heavy atom. The maximum absolute atomic E-state index is 13.3. The first kappa shape index (κ1) is 21.5. The molecule has 3 amide bonds. The van der Waals surface area contributed by atoms with Crippen LogP contribution in [0.2, 0.25) is 0 Å². The summed E-state index contributed by atoms with van der Waals surface area (Å²) in [4.78, 5) is 26.9. The molecule has 7 nitrogen and oxygen atoms in total. The van der Waals surface area contributed by atoms with Gasteiger partial charge in [-0.15, -0.1) is 0 Å². The lowest BCUT2D eigenvalue weighted by Crippen LogP contribution is -2.27. The molecule has 0 spiro atoms. The highest BCUT2D eigenvalue weighted by molar-refractivity contribution is 6.08. The van der Waals surface area contributed by atoms with Gasteiger partial charge >= 0.3 is 6.03 Å². The monoisotopic (exact) mass is 451 g/mol. The van der Waals surface area contributed by atoms with Crippen LogP contribution in [0, 0.1) is 6.92 Å². The van der Waals surface area contributed by atoms with Crippen LogP contribution in [0.3, 0.4) is 0 Å². The number of hydrogen-bond acceptors (Lipinski definition) is 3. The molecule has 2 heterocycles. The fraction of sp³-hybridized carbons (Fsp3) is 0.148. The van der Waals surface area contributed by atoms with Crippen LogP contribution in [0.25, 0.3) is 11.3 Å². The Kier molecular flexibility index (Phi) is 5.82. The van der Waals surface area contributed by atoms with Crippen molar-refractivity contribution >= 4 is 23.3 Å². The van der Waals surface area contributed by atoms with Crippen LogP contribution in [0.15, 0.2) is 85.1 Å². The standard InChI is InChI=1S/C27H25N5O2/c1-19-7-9-21(10-8-19)25-24(18-31(30-25)17-20-5-3-2-4-6-20)26(33)29-22-11-13-23(14-12-22)32-16-15-28-27(32)34/h2-14,18H,15-17H2,1H3,(H,28,34)(H,29,33). The number of aromatic nitrogens is 2. The number of benzene rings is 3. The van der Waals surface area contributed by atoms with E-state index in [1.54, 1.807) is 27.9 Å². The van der Waals surface area contributed by atoms with E-state index in [9.17, 15) is 9.59 Å². The Labute approximate surface area is 198 Å². The number of rotatable bonds is 6. The molecule has 1 aromatic heterocycles. The SMILES string of the molecule is Cc1ccc(-c2nn(Cc3ccccc3)cc2C(=O)Nc2ccc(N3CCNC3=O)cc2)cc1. The summed E-state index contributed by atoms with van der Waals surface area (Å²) in [5.74, 6) is -0.235. The predicted octanol–water partition coefficient (Wildman–Crippen LogP) is 4.69. The predicted molar refractivity (Wildman–Crippen MR) is 133 cm³/mol. The Balaban J connectivity index is 1.41. The van der Waals surface area contributed by atoms with E-state index in [-0.39, 0.29) is 11.9 Å². The number of carbonyl (C=O) groups excluding carboxylic acids is 2. The summed E-state index contributed by atoms with van der Waals surface area (Å²) in [5, 5.41) is 10.5. The van der Waals surface area contributed by atoms with E-state index in [0.717, 1.165) is 22.4 Å². The van der Waals surface area contributed by atoms with Gasteiger partial charge in [-0.3, -0.25) is 14.4 Å². The number of aryl methyl sites for hydroxylation is 1.